The molecular formula is C19H21N3O3. The molecule has 0 saturated heterocycles. The van der Waals surface area contributed by atoms with Gasteiger partial charge in [-0.1, -0.05) is 24.3 Å². The van der Waals surface area contributed by atoms with Crippen molar-refractivity contribution in [3.63, 3.8) is 0 Å². The highest BCUT2D eigenvalue weighted by Gasteiger charge is 2.36. The summed E-state index contributed by atoms with van der Waals surface area (Å²) in [4.78, 5) is 15.1. The quantitative estimate of drug-likeness (QED) is 0.841. The van der Waals surface area contributed by atoms with Gasteiger partial charge >= 0.3 is 0 Å². The van der Waals surface area contributed by atoms with Crippen molar-refractivity contribution in [2.75, 3.05) is 6.61 Å². The average molecular weight is 339 g/mol. The van der Waals surface area contributed by atoms with Gasteiger partial charge in [-0.15, -0.1) is 10.2 Å². The molecular weight excluding hydrogens is 318 g/mol. The Kier molecular flexibility index (Phi) is 4.03. The zero-order valence-electron chi connectivity index (χ0n) is 14.5. The molecule has 3 heterocycles. The molecule has 1 aromatic heterocycles. The standard InChI is InChI=1S/C19H21N3O3/c1-12-16(8-5-9-24-12)19(23)22-11-15-7-4-3-6-14(15)10-17(22)18-21-20-13(2)25-18/h3-4,6-7,17H,5,8-11H2,1-2H3. The van der Waals surface area contributed by atoms with Gasteiger partial charge in [-0.2, -0.15) is 0 Å². The van der Waals surface area contributed by atoms with Crippen molar-refractivity contribution < 1.29 is 13.9 Å². The van der Waals surface area contributed by atoms with Gasteiger partial charge in [0.2, 0.25) is 11.8 Å². The van der Waals surface area contributed by atoms with E-state index in [9.17, 15) is 4.79 Å². The largest absolute Gasteiger partial charge is 0.498 e. The van der Waals surface area contributed by atoms with Crippen LogP contribution in [0.25, 0.3) is 0 Å². The number of aromatic nitrogens is 2. The van der Waals surface area contributed by atoms with Crippen molar-refractivity contribution in [2.24, 2.45) is 0 Å². The molecule has 2 aromatic rings. The summed E-state index contributed by atoms with van der Waals surface area (Å²) in [7, 11) is 0. The number of allylic oxidation sites excluding steroid dienone is 1. The summed E-state index contributed by atoms with van der Waals surface area (Å²) in [6.45, 7) is 4.85. The Morgan fingerprint density at radius 1 is 1.20 bits per heavy atom. The van der Waals surface area contributed by atoms with E-state index in [1.807, 2.05) is 24.0 Å². The zero-order chi connectivity index (χ0) is 17.4. The zero-order valence-corrected chi connectivity index (χ0v) is 14.5. The van der Waals surface area contributed by atoms with Gasteiger partial charge in [-0.3, -0.25) is 4.79 Å². The van der Waals surface area contributed by atoms with Crippen LogP contribution in [0.3, 0.4) is 0 Å². The van der Waals surface area contributed by atoms with Crippen LogP contribution in [0.4, 0.5) is 0 Å². The van der Waals surface area contributed by atoms with E-state index >= 15 is 0 Å². The van der Waals surface area contributed by atoms with E-state index in [4.69, 9.17) is 9.15 Å². The number of fused-ring (bicyclic) bond motifs is 1. The van der Waals surface area contributed by atoms with Crippen LogP contribution in [0.15, 0.2) is 40.0 Å². The smallest absolute Gasteiger partial charge is 0.254 e. The van der Waals surface area contributed by atoms with Gasteiger partial charge in [-0.05, 0) is 30.9 Å². The third kappa shape index (κ3) is 2.92. The molecule has 6 heteroatoms. The lowest BCUT2D eigenvalue weighted by atomic mass is 9.92. The molecule has 2 aliphatic heterocycles. The summed E-state index contributed by atoms with van der Waals surface area (Å²) in [5.41, 5.74) is 3.14. The lowest BCUT2D eigenvalue weighted by Gasteiger charge is -2.36. The van der Waals surface area contributed by atoms with Crippen molar-refractivity contribution in [1.29, 1.82) is 0 Å². The Bertz CT molecular complexity index is 840. The highest BCUT2D eigenvalue weighted by atomic mass is 16.5. The number of hydrogen-bond acceptors (Lipinski definition) is 5. The normalized spacial score (nSPS) is 20.2. The lowest BCUT2D eigenvalue weighted by molar-refractivity contribution is -0.132. The monoisotopic (exact) mass is 339 g/mol. The molecule has 1 atom stereocenters. The van der Waals surface area contributed by atoms with Gasteiger partial charge in [0.25, 0.3) is 5.91 Å². The number of benzene rings is 1. The fourth-order valence-electron chi connectivity index (χ4n) is 3.57. The number of aryl methyl sites for hydroxylation is 1. The van der Waals surface area contributed by atoms with E-state index in [1.54, 1.807) is 6.92 Å². The predicted octanol–water partition coefficient (Wildman–Crippen LogP) is 3.09. The summed E-state index contributed by atoms with van der Waals surface area (Å²) in [5.74, 6) is 1.75. The minimum atomic E-state index is -0.245. The first-order valence-electron chi connectivity index (χ1n) is 8.64. The summed E-state index contributed by atoms with van der Waals surface area (Å²) >= 11 is 0. The molecule has 0 radical (unpaired) electrons. The van der Waals surface area contributed by atoms with Gasteiger partial charge in [0.05, 0.1) is 12.2 Å². The average Bonchev–Trinajstić information content (AvgIpc) is 3.07. The SMILES string of the molecule is CC1=C(C(=O)N2Cc3ccccc3CC2c2nnc(C)o2)CCCO1. The van der Waals surface area contributed by atoms with Crippen LogP contribution in [0.1, 0.15) is 48.7 Å². The van der Waals surface area contributed by atoms with Crippen LogP contribution in [-0.2, 0) is 22.5 Å². The molecule has 2 aliphatic rings. The maximum atomic E-state index is 13.3. The van der Waals surface area contributed by atoms with Crippen LogP contribution >= 0.6 is 0 Å². The molecule has 25 heavy (non-hydrogen) atoms. The minimum Gasteiger partial charge on any atom is -0.498 e. The van der Waals surface area contributed by atoms with Gasteiger partial charge in [0, 0.05) is 19.9 Å². The van der Waals surface area contributed by atoms with Crippen molar-refractivity contribution in [1.82, 2.24) is 15.1 Å². The highest BCUT2D eigenvalue weighted by Crippen LogP contribution is 2.35. The van der Waals surface area contributed by atoms with Crippen molar-refractivity contribution >= 4 is 5.91 Å². The van der Waals surface area contributed by atoms with Gasteiger partial charge in [0.15, 0.2) is 0 Å². The van der Waals surface area contributed by atoms with Crippen molar-refractivity contribution in [3.8, 4) is 0 Å². The second kappa shape index (κ2) is 6.35. The molecule has 0 N–H and O–H groups in total. The molecule has 130 valence electrons. The molecule has 0 spiro atoms. The Hall–Kier alpha value is -2.63. The molecule has 6 nitrogen and oxygen atoms in total. The van der Waals surface area contributed by atoms with Crippen LogP contribution in [0, 0.1) is 6.92 Å². The summed E-state index contributed by atoms with van der Waals surface area (Å²) in [5, 5.41) is 8.13. The van der Waals surface area contributed by atoms with E-state index in [1.165, 1.54) is 11.1 Å². The van der Waals surface area contributed by atoms with Gasteiger partial charge in [0.1, 0.15) is 11.8 Å². The van der Waals surface area contributed by atoms with Crippen LogP contribution < -0.4 is 0 Å². The Labute approximate surface area is 146 Å². The summed E-state index contributed by atoms with van der Waals surface area (Å²) in [6, 6.07) is 7.96. The second-order valence-electron chi connectivity index (χ2n) is 6.57. The molecule has 4 rings (SSSR count). The third-order valence-electron chi connectivity index (χ3n) is 4.91. The molecule has 1 unspecified atom stereocenters. The van der Waals surface area contributed by atoms with E-state index in [0.717, 1.165) is 24.2 Å². The van der Waals surface area contributed by atoms with Gasteiger partial charge in [-0.25, -0.2) is 0 Å². The Balaban J connectivity index is 1.73. The van der Waals surface area contributed by atoms with E-state index in [0.29, 0.717) is 31.4 Å². The van der Waals surface area contributed by atoms with E-state index in [-0.39, 0.29) is 11.9 Å². The molecule has 1 aromatic carbocycles. The van der Waals surface area contributed by atoms with E-state index < -0.39 is 0 Å². The predicted molar refractivity (Wildman–Crippen MR) is 90.4 cm³/mol. The highest BCUT2D eigenvalue weighted by molar-refractivity contribution is 5.94. The third-order valence-corrected chi connectivity index (χ3v) is 4.91. The molecule has 0 saturated carbocycles. The fraction of sp³-hybridized carbons (Fsp3) is 0.421. The van der Waals surface area contributed by atoms with Gasteiger partial charge < -0.3 is 14.1 Å². The molecule has 1 amide bonds. The van der Waals surface area contributed by atoms with Crippen LogP contribution in [0.5, 0.6) is 0 Å². The Morgan fingerprint density at radius 2 is 2.00 bits per heavy atom. The number of rotatable bonds is 2. The van der Waals surface area contributed by atoms with Crippen LogP contribution in [0.2, 0.25) is 0 Å². The van der Waals surface area contributed by atoms with Crippen LogP contribution in [-0.4, -0.2) is 27.6 Å². The number of carbonyl (C=O) groups is 1. The molecule has 0 aliphatic carbocycles. The first kappa shape index (κ1) is 15.9. The number of hydrogen-bond donors (Lipinski definition) is 0. The first-order valence-corrected chi connectivity index (χ1v) is 8.64. The van der Waals surface area contributed by atoms with E-state index in [2.05, 4.69) is 22.3 Å². The molecule has 0 bridgehead atoms. The number of nitrogens with zero attached hydrogens (tertiary/aromatic N) is 3. The molecule has 0 fully saturated rings. The first-order chi connectivity index (χ1) is 12.1. The minimum absolute atomic E-state index is 0.00700. The number of amides is 1. The maximum absolute atomic E-state index is 13.3. The van der Waals surface area contributed by atoms with Crippen molar-refractivity contribution in [3.05, 3.63) is 58.5 Å². The number of ether oxygens (including phenoxy) is 1. The number of carbonyl (C=O) groups excluding carboxylic acids is 1. The maximum Gasteiger partial charge on any atom is 0.254 e. The Morgan fingerprint density at radius 3 is 2.72 bits per heavy atom. The topological polar surface area (TPSA) is 68.5 Å². The second-order valence-corrected chi connectivity index (χ2v) is 6.57. The van der Waals surface area contributed by atoms with Crippen molar-refractivity contribution in [2.45, 2.75) is 45.7 Å². The summed E-state index contributed by atoms with van der Waals surface area (Å²) in [6.07, 6.45) is 2.29. The lowest BCUT2D eigenvalue weighted by Crippen LogP contribution is -2.40. The fourth-order valence-corrected chi connectivity index (χ4v) is 3.57. The summed E-state index contributed by atoms with van der Waals surface area (Å²) < 4.78 is 11.3.